The van der Waals surface area contributed by atoms with Crippen LogP contribution in [0, 0.1) is 20.8 Å². The number of H-pyrrole nitrogens is 2. The maximum atomic E-state index is 11.8. The Kier molecular flexibility index (Phi) is 3.39. The first-order valence-electron chi connectivity index (χ1n) is 6.12. The van der Waals surface area contributed by atoms with Gasteiger partial charge in [-0.2, -0.15) is 0 Å². The Morgan fingerprint density at radius 1 is 1.11 bits per heavy atom. The van der Waals surface area contributed by atoms with Crippen LogP contribution in [0.25, 0.3) is 11.3 Å². The minimum Gasteiger partial charge on any atom is -0.330 e. The first kappa shape index (κ1) is 12.6. The third kappa shape index (κ3) is 2.11. The molecule has 4 nitrogen and oxygen atoms in total. The van der Waals surface area contributed by atoms with Crippen LogP contribution in [0.15, 0.2) is 16.9 Å². The third-order valence-electron chi connectivity index (χ3n) is 3.20. The van der Waals surface area contributed by atoms with Crippen molar-refractivity contribution in [1.82, 2.24) is 10.2 Å². The molecule has 1 aromatic heterocycles. The lowest BCUT2D eigenvalue weighted by Gasteiger charge is -2.11. The van der Waals surface area contributed by atoms with Gasteiger partial charge in [0.1, 0.15) is 0 Å². The van der Waals surface area contributed by atoms with E-state index in [-0.39, 0.29) is 5.56 Å². The molecule has 0 aliphatic heterocycles. The van der Waals surface area contributed by atoms with E-state index in [4.69, 9.17) is 5.73 Å². The van der Waals surface area contributed by atoms with Gasteiger partial charge in [0.15, 0.2) is 0 Å². The number of nitrogens with two attached hydrogens (primary N) is 1. The van der Waals surface area contributed by atoms with Gasteiger partial charge in [0.2, 0.25) is 0 Å². The average Bonchev–Trinajstić information content (AvgIpc) is 2.61. The SMILES string of the molecule is Cc1cc(C)c(-c2[nH][nH]c(=O)c2CCN)c(C)c1. The fourth-order valence-corrected chi connectivity index (χ4v) is 2.55. The number of nitrogens with one attached hydrogen (secondary N) is 2. The first-order chi connectivity index (χ1) is 8.54. The molecule has 0 fully saturated rings. The second kappa shape index (κ2) is 4.82. The summed E-state index contributed by atoms with van der Waals surface area (Å²) in [4.78, 5) is 11.8. The molecule has 4 N–H and O–H groups in total. The highest BCUT2D eigenvalue weighted by Gasteiger charge is 2.15. The van der Waals surface area contributed by atoms with Crippen LogP contribution >= 0.6 is 0 Å². The molecule has 1 aromatic carbocycles. The number of benzene rings is 1. The molecule has 0 spiro atoms. The summed E-state index contributed by atoms with van der Waals surface area (Å²) in [7, 11) is 0. The summed E-state index contributed by atoms with van der Waals surface area (Å²) in [5.41, 5.74) is 11.8. The fourth-order valence-electron chi connectivity index (χ4n) is 2.55. The lowest BCUT2D eigenvalue weighted by atomic mass is 9.95. The number of aromatic nitrogens is 2. The molecule has 4 heteroatoms. The normalized spacial score (nSPS) is 10.9. The second-order valence-corrected chi connectivity index (χ2v) is 4.75. The topological polar surface area (TPSA) is 74.7 Å². The molecule has 0 radical (unpaired) electrons. The van der Waals surface area contributed by atoms with Crippen molar-refractivity contribution in [2.45, 2.75) is 27.2 Å². The van der Waals surface area contributed by atoms with Gasteiger partial charge in [0.25, 0.3) is 5.56 Å². The number of aromatic amines is 2. The van der Waals surface area contributed by atoms with E-state index in [1.807, 2.05) is 0 Å². The van der Waals surface area contributed by atoms with Gasteiger partial charge in [-0.25, -0.2) is 0 Å². The van der Waals surface area contributed by atoms with Gasteiger partial charge in [-0.05, 0) is 44.9 Å². The molecule has 0 bridgehead atoms. The minimum absolute atomic E-state index is 0.0742. The van der Waals surface area contributed by atoms with Crippen LogP contribution in [0.4, 0.5) is 0 Å². The van der Waals surface area contributed by atoms with Crippen molar-refractivity contribution in [3.05, 3.63) is 44.7 Å². The van der Waals surface area contributed by atoms with E-state index in [1.54, 1.807) is 0 Å². The van der Waals surface area contributed by atoms with Crippen LogP contribution in [0.1, 0.15) is 22.3 Å². The van der Waals surface area contributed by atoms with Crippen molar-refractivity contribution in [2.24, 2.45) is 5.73 Å². The summed E-state index contributed by atoms with van der Waals surface area (Å²) < 4.78 is 0. The largest absolute Gasteiger partial charge is 0.330 e. The molecule has 2 rings (SSSR count). The highest BCUT2D eigenvalue weighted by Crippen LogP contribution is 2.28. The zero-order chi connectivity index (χ0) is 13.3. The molecule has 2 aromatic rings. The molecular formula is C14H19N3O. The van der Waals surface area contributed by atoms with Crippen LogP contribution in [-0.4, -0.2) is 16.7 Å². The van der Waals surface area contributed by atoms with Crippen LogP contribution < -0.4 is 11.3 Å². The quantitative estimate of drug-likeness (QED) is 0.771. The first-order valence-corrected chi connectivity index (χ1v) is 6.12. The van der Waals surface area contributed by atoms with Crippen molar-refractivity contribution in [1.29, 1.82) is 0 Å². The van der Waals surface area contributed by atoms with Crippen LogP contribution in [0.2, 0.25) is 0 Å². The van der Waals surface area contributed by atoms with Crippen molar-refractivity contribution in [3.63, 3.8) is 0 Å². The predicted octanol–water partition coefficient (Wildman–Crippen LogP) is 1.80. The van der Waals surface area contributed by atoms with Crippen molar-refractivity contribution >= 4 is 0 Å². The zero-order valence-corrected chi connectivity index (χ0v) is 11.1. The molecule has 0 aliphatic carbocycles. The summed E-state index contributed by atoms with van der Waals surface area (Å²) in [6.45, 7) is 6.67. The van der Waals surface area contributed by atoms with Crippen molar-refractivity contribution in [2.75, 3.05) is 6.54 Å². The molecule has 0 saturated carbocycles. The van der Waals surface area contributed by atoms with E-state index in [9.17, 15) is 4.79 Å². The van der Waals surface area contributed by atoms with Gasteiger partial charge in [-0.1, -0.05) is 17.7 Å². The zero-order valence-electron chi connectivity index (χ0n) is 11.1. The molecule has 96 valence electrons. The molecule has 0 saturated heterocycles. The number of aryl methyl sites for hydroxylation is 3. The summed E-state index contributed by atoms with van der Waals surface area (Å²) in [6.07, 6.45) is 0.584. The highest BCUT2D eigenvalue weighted by atomic mass is 16.1. The van der Waals surface area contributed by atoms with E-state index >= 15 is 0 Å². The number of rotatable bonds is 3. The fraction of sp³-hybridized carbons (Fsp3) is 0.357. The molecule has 0 aliphatic rings. The Bertz CT molecular complexity index is 599. The summed E-state index contributed by atoms with van der Waals surface area (Å²) in [5.74, 6) is 0. The van der Waals surface area contributed by atoms with E-state index in [0.717, 1.165) is 16.8 Å². The average molecular weight is 245 g/mol. The standard InChI is InChI=1S/C14H19N3O/c1-8-6-9(2)12(10(3)7-8)13-11(4-5-15)14(18)17-16-13/h6-7H,4-5,15H2,1-3H3,(H2,16,17,18). The Balaban J connectivity index is 2.66. The van der Waals surface area contributed by atoms with Gasteiger partial charge >= 0.3 is 0 Å². The van der Waals surface area contributed by atoms with Gasteiger partial charge in [0, 0.05) is 11.1 Å². The molecule has 0 unspecified atom stereocenters. The van der Waals surface area contributed by atoms with Crippen molar-refractivity contribution < 1.29 is 0 Å². The van der Waals surface area contributed by atoms with E-state index in [1.165, 1.54) is 16.7 Å². The highest BCUT2D eigenvalue weighted by molar-refractivity contribution is 5.70. The van der Waals surface area contributed by atoms with Crippen LogP contribution in [0.3, 0.4) is 0 Å². The van der Waals surface area contributed by atoms with Gasteiger partial charge in [0.05, 0.1) is 5.69 Å². The van der Waals surface area contributed by atoms with E-state index in [2.05, 4.69) is 43.1 Å². The predicted molar refractivity (Wildman–Crippen MR) is 73.8 cm³/mol. The Morgan fingerprint density at radius 3 is 2.28 bits per heavy atom. The lowest BCUT2D eigenvalue weighted by molar-refractivity contribution is 0.959. The van der Waals surface area contributed by atoms with Gasteiger partial charge in [-0.15, -0.1) is 0 Å². The van der Waals surface area contributed by atoms with E-state index < -0.39 is 0 Å². The molecule has 1 heterocycles. The van der Waals surface area contributed by atoms with Gasteiger partial charge < -0.3 is 5.73 Å². The number of hydrogen-bond donors (Lipinski definition) is 3. The number of hydrogen-bond acceptors (Lipinski definition) is 2. The molecule has 18 heavy (non-hydrogen) atoms. The summed E-state index contributed by atoms with van der Waals surface area (Å²) in [5, 5.41) is 5.64. The Morgan fingerprint density at radius 2 is 1.72 bits per heavy atom. The van der Waals surface area contributed by atoms with E-state index in [0.29, 0.717) is 13.0 Å². The third-order valence-corrected chi connectivity index (χ3v) is 3.20. The minimum atomic E-state index is -0.0742. The Hall–Kier alpha value is -1.81. The smallest absolute Gasteiger partial charge is 0.267 e. The second-order valence-electron chi connectivity index (χ2n) is 4.75. The van der Waals surface area contributed by atoms with Gasteiger partial charge in [-0.3, -0.25) is 15.0 Å². The lowest BCUT2D eigenvalue weighted by Crippen LogP contribution is -2.12. The monoisotopic (exact) mass is 245 g/mol. The Labute approximate surface area is 106 Å². The molecule has 0 atom stereocenters. The maximum absolute atomic E-state index is 11.8. The summed E-state index contributed by atoms with van der Waals surface area (Å²) in [6, 6.07) is 4.25. The van der Waals surface area contributed by atoms with Crippen molar-refractivity contribution in [3.8, 4) is 11.3 Å². The van der Waals surface area contributed by atoms with Crippen LogP contribution in [-0.2, 0) is 6.42 Å². The van der Waals surface area contributed by atoms with Crippen LogP contribution in [0.5, 0.6) is 0 Å². The maximum Gasteiger partial charge on any atom is 0.267 e. The summed E-state index contributed by atoms with van der Waals surface area (Å²) >= 11 is 0. The molecular weight excluding hydrogens is 226 g/mol. The molecule has 0 amide bonds.